The van der Waals surface area contributed by atoms with Crippen molar-refractivity contribution in [3.63, 3.8) is 0 Å². The Bertz CT molecular complexity index is 1170. The number of carbonyl (C=O) groups is 2. The molecule has 0 unspecified atom stereocenters. The van der Waals surface area contributed by atoms with Crippen molar-refractivity contribution in [2.75, 3.05) is 9.80 Å². The van der Waals surface area contributed by atoms with Gasteiger partial charge in [-0.25, -0.2) is 4.39 Å². The van der Waals surface area contributed by atoms with Crippen LogP contribution < -0.4 is 9.80 Å². The highest BCUT2D eigenvalue weighted by atomic mass is 32.1. The van der Waals surface area contributed by atoms with Gasteiger partial charge in [0.2, 0.25) is 0 Å². The molecule has 0 radical (unpaired) electrons. The number of amides is 1. The van der Waals surface area contributed by atoms with E-state index < -0.39 is 40.3 Å². The van der Waals surface area contributed by atoms with Gasteiger partial charge in [0.15, 0.2) is 10.9 Å². The molecule has 0 bridgehead atoms. The number of benzene rings is 2. The van der Waals surface area contributed by atoms with E-state index in [0.717, 1.165) is 17.0 Å². The van der Waals surface area contributed by atoms with Crippen LogP contribution in [0.4, 0.5) is 28.9 Å². The highest BCUT2D eigenvalue weighted by Gasteiger charge is 2.50. The fraction of sp³-hybridized carbons (Fsp3) is 0.304. The van der Waals surface area contributed by atoms with Gasteiger partial charge in [0.05, 0.1) is 28.4 Å². The molecule has 0 N–H and O–H groups in total. The molecular formula is C23H21F4N3O2S. The molecular weight excluding hydrogens is 458 g/mol. The van der Waals surface area contributed by atoms with E-state index in [9.17, 15) is 27.2 Å². The van der Waals surface area contributed by atoms with Gasteiger partial charge in [-0.3, -0.25) is 14.5 Å². The molecule has 0 aliphatic carbocycles. The molecule has 1 saturated heterocycles. The number of hydrogen-bond donors (Lipinski definition) is 0. The number of rotatable bonds is 3. The summed E-state index contributed by atoms with van der Waals surface area (Å²) < 4.78 is 54.5. The van der Waals surface area contributed by atoms with E-state index in [4.69, 9.17) is 17.5 Å². The van der Waals surface area contributed by atoms with Gasteiger partial charge in [0.25, 0.3) is 5.91 Å². The van der Waals surface area contributed by atoms with Crippen LogP contribution in [0.25, 0.3) is 0 Å². The van der Waals surface area contributed by atoms with Crippen LogP contribution in [-0.4, -0.2) is 22.3 Å². The zero-order valence-corrected chi connectivity index (χ0v) is 19.4. The van der Waals surface area contributed by atoms with Gasteiger partial charge in [-0.15, -0.1) is 0 Å². The van der Waals surface area contributed by atoms with Crippen molar-refractivity contribution in [2.24, 2.45) is 0 Å². The summed E-state index contributed by atoms with van der Waals surface area (Å²) in [7, 11) is 0. The van der Waals surface area contributed by atoms with Crippen LogP contribution in [0.1, 0.15) is 56.1 Å². The van der Waals surface area contributed by atoms with Crippen LogP contribution >= 0.6 is 12.2 Å². The van der Waals surface area contributed by atoms with E-state index in [-0.39, 0.29) is 22.1 Å². The van der Waals surface area contributed by atoms with Crippen molar-refractivity contribution in [2.45, 2.75) is 46.3 Å². The Morgan fingerprint density at radius 2 is 1.67 bits per heavy atom. The monoisotopic (exact) mass is 479 g/mol. The highest BCUT2D eigenvalue weighted by Crippen LogP contribution is 2.39. The maximum Gasteiger partial charge on any atom is 0.417 e. The third-order valence-electron chi connectivity index (χ3n) is 4.95. The number of anilines is 2. The molecule has 3 rings (SSSR count). The van der Waals surface area contributed by atoms with Gasteiger partial charge in [-0.2, -0.15) is 18.4 Å². The number of nitriles is 1. The second kappa shape index (κ2) is 9.27. The number of Topliss-reactive ketones (excluding diaryl/α,β-unsaturated/α-hetero) is 1. The molecule has 33 heavy (non-hydrogen) atoms. The zero-order chi connectivity index (χ0) is 25.3. The number of hydrogen-bond acceptors (Lipinski definition) is 4. The van der Waals surface area contributed by atoms with Crippen LogP contribution in [0, 0.1) is 17.1 Å². The normalized spacial score (nSPS) is 15.2. The first-order chi connectivity index (χ1) is 15.3. The van der Waals surface area contributed by atoms with E-state index >= 15 is 0 Å². The van der Waals surface area contributed by atoms with E-state index in [1.54, 1.807) is 0 Å². The van der Waals surface area contributed by atoms with Gasteiger partial charge < -0.3 is 4.90 Å². The molecule has 10 heteroatoms. The van der Waals surface area contributed by atoms with Crippen molar-refractivity contribution in [3.8, 4) is 6.07 Å². The lowest BCUT2D eigenvalue weighted by Crippen LogP contribution is -2.44. The van der Waals surface area contributed by atoms with Gasteiger partial charge in [0, 0.05) is 5.69 Å². The lowest BCUT2D eigenvalue weighted by Gasteiger charge is -2.29. The van der Waals surface area contributed by atoms with Gasteiger partial charge in [0.1, 0.15) is 11.4 Å². The zero-order valence-electron chi connectivity index (χ0n) is 18.5. The molecule has 0 atom stereocenters. The Balaban J connectivity index is 0.00000187. The second-order valence-corrected chi connectivity index (χ2v) is 7.74. The molecule has 174 valence electrons. The molecule has 0 saturated carbocycles. The third-order valence-corrected chi connectivity index (χ3v) is 5.31. The topological polar surface area (TPSA) is 64.4 Å². The summed E-state index contributed by atoms with van der Waals surface area (Å²) in [6.07, 6.45) is -4.81. The van der Waals surface area contributed by atoms with Crippen molar-refractivity contribution in [1.29, 1.82) is 5.26 Å². The average molecular weight is 479 g/mol. The Labute approximate surface area is 194 Å². The number of nitrogens with zero attached hydrogens (tertiary/aromatic N) is 3. The Kier molecular flexibility index (Phi) is 7.29. The number of thiocarbonyl (C=S) groups is 1. The summed E-state index contributed by atoms with van der Waals surface area (Å²) in [6, 6.07) is 8.02. The predicted molar refractivity (Wildman–Crippen MR) is 121 cm³/mol. The van der Waals surface area contributed by atoms with Crippen molar-refractivity contribution in [3.05, 3.63) is 58.9 Å². The standard InChI is InChI=1S/C21H15F4N3O2S.C2H6/c1-11(29)15-7-6-14(9-17(15)22)28-19(31)27(18(30)20(28,2)3)13-5-4-12(10-26)16(8-13)21(23,24)25;1-2/h4-9H,1-3H3;1-2H3. The summed E-state index contributed by atoms with van der Waals surface area (Å²) in [6.45, 7) is 8.19. The first kappa shape index (κ1) is 25.9. The Morgan fingerprint density at radius 1 is 1.09 bits per heavy atom. The first-order valence-corrected chi connectivity index (χ1v) is 10.3. The predicted octanol–water partition coefficient (Wildman–Crippen LogP) is 5.86. The van der Waals surface area contributed by atoms with Gasteiger partial charge >= 0.3 is 6.18 Å². The summed E-state index contributed by atoms with van der Waals surface area (Å²) in [5.41, 5.74) is -3.29. The van der Waals surface area contributed by atoms with Gasteiger partial charge in [-0.1, -0.05) is 13.8 Å². The smallest absolute Gasteiger partial charge is 0.303 e. The summed E-state index contributed by atoms with van der Waals surface area (Å²) >= 11 is 5.37. The maximum absolute atomic E-state index is 14.4. The lowest BCUT2D eigenvalue weighted by atomic mass is 10.0. The van der Waals surface area contributed by atoms with Crippen LogP contribution in [0.3, 0.4) is 0 Å². The minimum Gasteiger partial charge on any atom is -0.303 e. The van der Waals surface area contributed by atoms with Crippen molar-refractivity contribution >= 4 is 40.4 Å². The van der Waals surface area contributed by atoms with E-state index in [0.29, 0.717) is 6.07 Å². The molecule has 2 aromatic carbocycles. The number of ketones is 1. The maximum atomic E-state index is 14.4. The minimum absolute atomic E-state index is 0.142. The number of halogens is 4. The first-order valence-electron chi connectivity index (χ1n) is 9.91. The molecule has 0 spiro atoms. The highest BCUT2D eigenvalue weighted by molar-refractivity contribution is 7.81. The molecule has 5 nitrogen and oxygen atoms in total. The fourth-order valence-electron chi connectivity index (χ4n) is 3.39. The molecule has 0 aromatic heterocycles. The molecule has 1 aliphatic rings. The van der Waals surface area contributed by atoms with Crippen LogP contribution in [0.5, 0.6) is 0 Å². The fourth-order valence-corrected chi connectivity index (χ4v) is 3.91. The molecule has 1 fully saturated rings. The minimum atomic E-state index is -4.81. The summed E-state index contributed by atoms with van der Waals surface area (Å²) in [4.78, 5) is 26.8. The van der Waals surface area contributed by atoms with E-state index in [1.807, 2.05) is 13.8 Å². The number of alkyl halides is 3. The molecule has 1 aliphatic heterocycles. The van der Waals surface area contributed by atoms with Crippen LogP contribution in [-0.2, 0) is 11.0 Å². The van der Waals surface area contributed by atoms with Crippen LogP contribution in [0.2, 0.25) is 0 Å². The Morgan fingerprint density at radius 3 is 2.15 bits per heavy atom. The number of carbonyl (C=O) groups excluding carboxylic acids is 2. The third kappa shape index (κ3) is 4.59. The van der Waals surface area contributed by atoms with Crippen molar-refractivity contribution < 1.29 is 27.2 Å². The summed E-state index contributed by atoms with van der Waals surface area (Å²) in [5.74, 6) is -1.93. The molecule has 1 amide bonds. The van der Waals surface area contributed by atoms with Crippen molar-refractivity contribution in [1.82, 2.24) is 0 Å². The SMILES string of the molecule is CC.CC(=O)c1ccc(N2C(=S)N(c3ccc(C#N)c(C(F)(F)F)c3)C(=O)C2(C)C)cc1F. The quantitative estimate of drug-likeness (QED) is 0.313. The lowest BCUT2D eigenvalue weighted by molar-refractivity contribution is -0.137. The largest absolute Gasteiger partial charge is 0.417 e. The second-order valence-electron chi connectivity index (χ2n) is 7.38. The van der Waals surface area contributed by atoms with E-state index in [2.05, 4.69) is 0 Å². The van der Waals surface area contributed by atoms with E-state index in [1.165, 1.54) is 49.9 Å². The Hall–Kier alpha value is -3.32. The molecule has 1 heterocycles. The summed E-state index contributed by atoms with van der Waals surface area (Å²) in [5, 5.41) is 8.82. The van der Waals surface area contributed by atoms with Crippen LogP contribution in [0.15, 0.2) is 36.4 Å². The molecule has 2 aromatic rings. The average Bonchev–Trinajstić information content (AvgIpc) is 2.92. The van der Waals surface area contributed by atoms with Gasteiger partial charge in [-0.05, 0) is 69.4 Å².